The average molecular weight is 491 g/mol. The number of nitrogens with one attached hydrogen (secondary N) is 1. The summed E-state index contributed by atoms with van der Waals surface area (Å²) in [5, 5.41) is 8.63. The van der Waals surface area contributed by atoms with Gasteiger partial charge < -0.3 is 14.8 Å². The van der Waals surface area contributed by atoms with E-state index in [4.69, 9.17) is 14.6 Å². The third-order valence-corrected chi connectivity index (χ3v) is 6.69. The van der Waals surface area contributed by atoms with Crippen LogP contribution in [-0.4, -0.2) is 33.1 Å². The maximum atomic E-state index is 13.1. The van der Waals surface area contributed by atoms with Crippen LogP contribution in [0.5, 0.6) is 5.75 Å². The number of hydrogen-bond donors (Lipinski definition) is 1. The lowest BCUT2D eigenvalue weighted by molar-refractivity contribution is -0.138. The molecule has 2 aromatic carbocycles. The molecule has 8 heteroatoms. The monoisotopic (exact) mass is 490 g/mol. The van der Waals surface area contributed by atoms with Crippen molar-refractivity contribution in [2.75, 3.05) is 17.7 Å². The van der Waals surface area contributed by atoms with Gasteiger partial charge in [0.25, 0.3) is 0 Å². The minimum atomic E-state index is -0.506. The lowest BCUT2D eigenvalue weighted by Gasteiger charge is -2.28. The smallest absolute Gasteiger partial charge is 0.338 e. The number of anilines is 1. The van der Waals surface area contributed by atoms with E-state index in [1.165, 1.54) is 5.56 Å². The lowest BCUT2D eigenvalue weighted by atomic mass is 9.95. The van der Waals surface area contributed by atoms with E-state index in [0.717, 1.165) is 23.3 Å². The Morgan fingerprint density at radius 2 is 2.06 bits per heavy atom. The van der Waals surface area contributed by atoms with Crippen molar-refractivity contribution >= 4 is 23.7 Å². The van der Waals surface area contributed by atoms with Crippen molar-refractivity contribution in [3.05, 3.63) is 89.1 Å². The molecule has 1 unspecified atom stereocenters. The molecule has 4 rings (SSSR count). The fourth-order valence-corrected chi connectivity index (χ4v) is 4.56. The van der Waals surface area contributed by atoms with E-state index in [0.29, 0.717) is 34.7 Å². The third kappa shape index (κ3) is 5.59. The van der Waals surface area contributed by atoms with Crippen LogP contribution in [-0.2, 0) is 16.1 Å². The van der Waals surface area contributed by atoms with Gasteiger partial charge in [0.1, 0.15) is 25.0 Å². The average Bonchev–Trinajstić information content (AvgIpc) is 3.27. The summed E-state index contributed by atoms with van der Waals surface area (Å²) in [4.78, 5) is 17.8. The molecule has 0 spiro atoms. The van der Waals surface area contributed by atoms with E-state index in [9.17, 15) is 4.79 Å². The van der Waals surface area contributed by atoms with Gasteiger partial charge in [-0.25, -0.2) is 9.48 Å². The number of carbonyl (C=O) groups excluding carboxylic acids is 1. The summed E-state index contributed by atoms with van der Waals surface area (Å²) >= 11 is 1.59. The van der Waals surface area contributed by atoms with Gasteiger partial charge in [-0.2, -0.15) is 4.98 Å². The summed E-state index contributed by atoms with van der Waals surface area (Å²) in [7, 11) is 0. The van der Waals surface area contributed by atoms with Crippen molar-refractivity contribution in [2.45, 2.75) is 45.0 Å². The van der Waals surface area contributed by atoms with Crippen molar-refractivity contribution in [1.29, 1.82) is 0 Å². The molecule has 7 nitrogen and oxygen atoms in total. The Hall–Kier alpha value is -3.52. The number of thioether (sulfide) groups is 1. The number of hydrogen-bond acceptors (Lipinski definition) is 7. The predicted molar refractivity (Wildman–Crippen MR) is 139 cm³/mol. The van der Waals surface area contributed by atoms with Crippen molar-refractivity contribution in [3.8, 4) is 5.75 Å². The Bertz CT molecular complexity index is 1250. The molecule has 0 aliphatic carbocycles. The number of aryl methyl sites for hydroxylation is 1. The van der Waals surface area contributed by atoms with E-state index in [1.807, 2.05) is 43.3 Å². The van der Waals surface area contributed by atoms with Crippen LogP contribution in [0.3, 0.4) is 0 Å². The van der Waals surface area contributed by atoms with Crippen LogP contribution in [0, 0.1) is 6.92 Å². The van der Waals surface area contributed by atoms with Crippen LogP contribution in [0.1, 0.15) is 43.0 Å². The summed E-state index contributed by atoms with van der Waals surface area (Å²) in [6, 6.07) is 15.4. The fraction of sp³-hybridized carbons (Fsp3) is 0.296. The van der Waals surface area contributed by atoms with Gasteiger partial charge in [-0.15, -0.1) is 5.10 Å². The Kier molecular flexibility index (Phi) is 7.92. The number of carbonyl (C=O) groups is 1. The molecule has 1 atom stereocenters. The maximum Gasteiger partial charge on any atom is 0.338 e. The second-order valence-electron chi connectivity index (χ2n) is 8.25. The van der Waals surface area contributed by atoms with Crippen molar-refractivity contribution in [1.82, 2.24) is 14.8 Å². The second-order valence-corrected chi connectivity index (χ2v) is 9.31. The Labute approximate surface area is 210 Å². The second kappa shape index (κ2) is 11.3. The van der Waals surface area contributed by atoms with Crippen LogP contribution in [0.4, 0.5) is 5.95 Å². The summed E-state index contributed by atoms with van der Waals surface area (Å²) in [6.45, 7) is 10.3. The maximum absolute atomic E-state index is 13.1. The highest BCUT2D eigenvalue weighted by atomic mass is 32.2. The molecule has 0 fully saturated rings. The zero-order chi connectivity index (χ0) is 24.8. The zero-order valence-corrected chi connectivity index (χ0v) is 21.1. The number of allylic oxidation sites excluding steroid dienone is 1. The molecule has 1 aromatic heterocycles. The van der Waals surface area contributed by atoms with Gasteiger partial charge in [0.05, 0.1) is 5.57 Å². The molecule has 1 aliphatic heterocycles. The van der Waals surface area contributed by atoms with Crippen LogP contribution >= 0.6 is 11.8 Å². The van der Waals surface area contributed by atoms with E-state index in [2.05, 4.69) is 42.9 Å². The van der Waals surface area contributed by atoms with Gasteiger partial charge in [-0.1, -0.05) is 67.7 Å². The molecule has 35 heavy (non-hydrogen) atoms. The molecule has 0 saturated carbocycles. The summed E-state index contributed by atoms with van der Waals surface area (Å²) in [5.74, 6) is 1.80. The largest absolute Gasteiger partial charge is 0.489 e. The lowest BCUT2D eigenvalue weighted by Crippen LogP contribution is -2.29. The Morgan fingerprint density at radius 3 is 2.83 bits per heavy atom. The van der Waals surface area contributed by atoms with Gasteiger partial charge in [-0.3, -0.25) is 0 Å². The third-order valence-electron chi connectivity index (χ3n) is 5.65. The molecule has 0 radical (unpaired) electrons. The molecule has 1 N–H and O–H groups in total. The van der Waals surface area contributed by atoms with Crippen molar-refractivity contribution in [3.63, 3.8) is 0 Å². The highest BCUT2D eigenvalue weighted by Crippen LogP contribution is 2.37. The first-order valence-electron chi connectivity index (χ1n) is 11.6. The van der Waals surface area contributed by atoms with Gasteiger partial charge in [-0.05, 0) is 49.1 Å². The first-order valence-corrected chi connectivity index (χ1v) is 12.6. The molecule has 182 valence electrons. The number of aromatic nitrogens is 3. The van der Waals surface area contributed by atoms with Gasteiger partial charge in [0.2, 0.25) is 11.1 Å². The van der Waals surface area contributed by atoms with Gasteiger partial charge in [0, 0.05) is 11.4 Å². The minimum absolute atomic E-state index is 0.129. The topological polar surface area (TPSA) is 78.3 Å². The minimum Gasteiger partial charge on any atom is -0.489 e. The predicted octanol–water partition coefficient (Wildman–Crippen LogP) is 5.69. The molecule has 1 aliphatic rings. The molecular formula is C27H30N4O3S. The molecule has 0 bridgehead atoms. The Morgan fingerprint density at radius 1 is 1.23 bits per heavy atom. The number of nitrogens with zero attached hydrogens (tertiary/aromatic N) is 3. The fourth-order valence-electron chi connectivity index (χ4n) is 3.88. The first-order chi connectivity index (χ1) is 17.0. The molecule has 0 saturated heterocycles. The first kappa shape index (κ1) is 24.6. The molecular weight excluding hydrogens is 460 g/mol. The van der Waals surface area contributed by atoms with E-state index in [1.54, 1.807) is 22.5 Å². The van der Waals surface area contributed by atoms with E-state index >= 15 is 0 Å². The highest BCUT2D eigenvalue weighted by molar-refractivity contribution is 7.99. The summed E-state index contributed by atoms with van der Waals surface area (Å²) in [6.07, 6.45) is 2.57. The standard InChI is InChI=1S/C27H30N4O3S/c1-5-14-33-25(32)23-19(4)28-26-29-27(35-15-6-2)30-31(26)24(23)20-12-9-13-22(16-20)34-17-21-11-8-7-10-18(21)3/h5,7-13,16,24H,1,6,14-15,17H2,2-4H3,(H,28,29,30). The van der Waals surface area contributed by atoms with Crippen molar-refractivity contribution < 1.29 is 14.3 Å². The van der Waals surface area contributed by atoms with Crippen LogP contribution in [0.25, 0.3) is 0 Å². The molecule has 3 aromatic rings. The zero-order valence-electron chi connectivity index (χ0n) is 20.3. The van der Waals surface area contributed by atoms with Crippen LogP contribution in [0.15, 0.2) is 77.6 Å². The van der Waals surface area contributed by atoms with E-state index < -0.39 is 12.0 Å². The number of esters is 1. The highest BCUT2D eigenvalue weighted by Gasteiger charge is 2.35. The quantitative estimate of drug-likeness (QED) is 0.222. The Balaban J connectivity index is 1.69. The normalized spacial score (nSPS) is 14.8. The van der Waals surface area contributed by atoms with E-state index in [-0.39, 0.29) is 6.61 Å². The number of ether oxygens (including phenoxy) is 2. The summed E-state index contributed by atoms with van der Waals surface area (Å²) in [5.41, 5.74) is 4.32. The van der Waals surface area contributed by atoms with Crippen molar-refractivity contribution in [2.24, 2.45) is 0 Å². The SMILES string of the molecule is C=CCOC(=O)C1=C(C)Nc2nc(SCCC)nn2C1c1cccc(OCc2ccccc2C)c1. The summed E-state index contributed by atoms with van der Waals surface area (Å²) < 4.78 is 13.3. The number of benzene rings is 2. The van der Waals surface area contributed by atoms with Crippen LogP contribution in [0.2, 0.25) is 0 Å². The molecule has 0 amide bonds. The number of rotatable bonds is 10. The van der Waals surface area contributed by atoms with Gasteiger partial charge in [0.15, 0.2) is 0 Å². The van der Waals surface area contributed by atoms with Gasteiger partial charge >= 0.3 is 5.97 Å². The van der Waals surface area contributed by atoms with Crippen LogP contribution < -0.4 is 10.1 Å². The number of fused-ring (bicyclic) bond motifs is 1. The molecule has 2 heterocycles.